The van der Waals surface area contributed by atoms with Crippen molar-refractivity contribution in [2.24, 2.45) is 5.92 Å². The molecular formula is C28H28N6OS. The van der Waals surface area contributed by atoms with E-state index in [0.717, 1.165) is 34.0 Å². The summed E-state index contributed by atoms with van der Waals surface area (Å²) in [5, 5.41) is 7.15. The van der Waals surface area contributed by atoms with E-state index in [1.165, 1.54) is 0 Å². The van der Waals surface area contributed by atoms with Crippen LogP contribution in [-0.4, -0.2) is 25.6 Å². The van der Waals surface area contributed by atoms with Crippen molar-refractivity contribution >= 4 is 34.6 Å². The number of thiocarbonyl (C=S) groups is 1. The summed E-state index contributed by atoms with van der Waals surface area (Å²) in [5.41, 5.74) is 5.64. The average molecular weight is 497 g/mol. The largest absolute Gasteiger partial charge is 0.351 e. The van der Waals surface area contributed by atoms with Gasteiger partial charge in [-0.25, -0.2) is 0 Å². The highest BCUT2D eigenvalue weighted by Gasteiger charge is 2.42. The van der Waals surface area contributed by atoms with E-state index in [1.807, 2.05) is 81.7 Å². The summed E-state index contributed by atoms with van der Waals surface area (Å²) in [5.74, 6) is -0.102. The fourth-order valence-corrected chi connectivity index (χ4v) is 4.86. The van der Waals surface area contributed by atoms with Crippen LogP contribution < -0.4 is 15.5 Å². The highest BCUT2D eigenvalue weighted by atomic mass is 32.1. The fourth-order valence-electron chi connectivity index (χ4n) is 4.51. The molecule has 0 radical (unpaired) electrons. The molecular weight excluding hydrogens is 468 g/mol. The van der Waals surface area contributed by atoms with Crippen LogP contribution in [0.25, 0.3) is 5.69 Å². The molecule has 2 atom stereocenters. The molecule has 4 heterocycles. The molecule has 36 heavy (non-hydrogen) atoms. The molecule has 5 rings (SSSR count). The van der Waals surface area contributed by atoms with Crippen molar-refractivity contribution in [3.05, 3.63) is 102 Å². The van der Waals surface area contributed by atoms with Crippen molar-refractivity contribution in [3.63, 3.8) is 0 Å². The summed E-state index contributed by atoms with van der Waals surface area (Å²) in [6, 6.07) is 19.7. The van der Waals surface area contributed by atoms with Gasteiger partial charge in [-0.1, -0.05) is 19.9 Å². The minimum absolute atomic E-state index is 0.00778. The number of rotatable bonds is 6. The van der Waals surface area contributed by atoms with Crippen molar-refractivity contribution < 1.29 is 4.79 Å². The lowest BCUT2D eigenvalue weighted by molar-refractivity contribution is -0.118. The number of carbonyl (C=O) groups excluding carboxylic acids is 1. The number of hydrogen-bond acceptors (Lipinski definition) is 4. The first-order valence-corrected chi connectivity index (χ1v) is 12.3. The van der Waals surface area contributed by atoms with E-state index in [9.17, 15) is 4.79 Å². The van der Waals surface area contributed by atoms with Gasteiger partial charge in [-0.3, -0.25) is 14.8 Å². The summed E-state index contributed by atoms with van der Waals surface area (Å²) in [6.45, 7) is 5.76. The molecule has 2 unspecified atom stereocenters. The highest BCUT2D eigenvalue weighted by molar-refractivity contribution is 7.80. The third-order valence-corrected chi connectivity index (χ3v) is 6.69. The van der Waals surface area contributed by atoms with Crippen molar-refractivity contribution in [3.8, 4) is 5.69 Å². The second kappa shape index (κ2) is 9.91. The molecule has 7 nitrogen and oxygen atoms in total. The minimum Gasteiger partial charge on any atom is -0.351 e. The number of aryl methyl sites for hydroxylation is 1. The van der Waals surface area contributed by atoms with Gasteiger partial charge in [-0.05, 0) is 79.3 Å². The molecule has 2 N–H and O–H groups in total. The molecule has 1 saturated heterocycles. The van der Waals surface area contributed by atoms with Crippen LogP contribution >= 0.6 is 12.2 Å². The first-order chi connectivity index (χ1) is 17.4. The lowest BCUT2D eigenvalue weighted by atomic mass is 10.0. The standard InChI is InChI=1S/C28H28N6OS/c1-18(2)27(35)31-22-12-11-20(16-19(22)3)34-26(25(32-28(34)36)23-9-4-5-14-30-23)24-10-7-15-33(24)21-8-6-13-29-17-21/h4-18,25-26H,1-3H3,(H,31,35)(H,32,36). The molecule has 4 aromatic rings. The third kappa shape index (κ3) is 4.47. The quantitative estimate of drug-likeness (QED) is 0.351. The minimum atomic E-state index is -0.168. The maximum absolute atomic E-state index is 12.3. The molecule has 1 aromatic carbocycles. The van der Waals surface area contributed by atoms with E-state index in [0.29, 0.717) is 5.11 Å². The number of hydrogen-bond donors (Lipinski definition) is 2. The number of pyridine rings is 2. The van der Waals surface area contributed by atoms with E-state index < -0.39 is 0 Å². The Morgan fingerprint density at radius 1 is 1.06 bits per heavy atom. The first-order valence-electron chi connectivity index (χ1n) is 11.9. The van der Waals surface area contributed by atoms with Gasteiger partial charge in [-0.15, -0.1) is 0 Å². The van der Waals surface area contributed by atoms with Crippen molar-refractivity contribution in [2.75, 3.05) is 10.2 Å². The van der Waals surface area contributed by atoms with Crippen LogP contribution in [0.1, 0.15) is 42.9 Å². The SMILES string of the molecule is Cc1cc(N2C(=S)NC(c3ccccn3)C2c2cccn2-c2cccnc2)ccc1NC(=O)C(C)C. The average Bonchev–Trinajstić information content (AvgIpc) is 3.50. The Kier molecular flexibility index (Phi) is 6.52. The molecule has 0 spiro atoms. The second-order valence-electron chi connectivity index (χ2n) is 9.15. The summed E-state index contributed by atoms with van der Waals surface area (Å²) in [7, 11) is 0. The summed E-state index contributed by atoms with van der Waals surface area (Å²) in [6.07, 6.45) is 7.46. The number of anilines is 2. The second-order valence-corrected chi connectivity index (χ2v) is 9.54. The third-order valence-electron chi connectivity index (χ3n) is 6.38. The van der Waals surface area contributed by atoms with Crippen LogP contribution in [0, 0.1) is 12.8 Å². The first kappa shape index (κ1) is 23.7. The maximum Gasteiger partial charge on any atom is 0.226 e. The van der Waals surface area contributed by atoms with Gasteiger partial charge in [0.25, 0.3) is 0 Å². The Balaban J connectivity index is 1.59. The molecule has 0 bridgehead atoms. The molecule has 1 amide bonds. The van der Waals surface area contributed by atoms with Crippen LogP contribution in [0.5, 0.6) is 0 Å². The maximum atomic E-state index is 12.3. The number of nitrogens with one attached hydrogen (secondary N) is 2. The zero-order chi connectivity index (χ0) is 25.2. The van der Waals surface area contributed by atoms with Gasteiger partial charge in [0, 0.05) is 41.6 Å². The Morgan fingerprint density at radius 2 is 1.92 bits per heavy atom. The number of amides is 1. The molecule has 0 saturated carbocycles. The van der Waals surface area contributed by atoms with Crippen LogP contribution in [0.4, 0.5) is 11.4 Å². The lowest BCUT2D eigenvalue weighted by Crippen LogP contribution is -2.30. The van der Waals surface area contributed by atoms with Gasteiger partial charge in [0.2, 0.25) is 5.91 Å². The lowest BCUT2D eigenvalue weighted by Gasteiger charge is -2.29. The van der Waals surface area contributed by atoms with E-state index in [2.05, 4.69) is 42.2 Å². The van der Waals surface area contributed by atoms with Gasteiger partial charge < -0.3 is 20.1 Å². The van der Waals surface area contributed by atoms with E-state index >= 15 is 0 Å². The highest BCUT2D eigenvalue weighted by Crippen LogP contribution is 2.42. The number of benzene rings is 1. The molecule has 0 aliphatic carbocycles. The zero-order valence-corrected chi connectivity index (χ0v) is 21.2. The molecule has 1 aliphatic heterocycles. The predicted molar refractivity (Wildman–Crippen MR) is 146 cm³/mol. The van der Waals surface area contributed by atoms with Crippen LogP contribution in [-0.2, 0) is 4.79 Å². The number of carbonyl (C=O) groups is 1. The Labute approximate surface area is 216 Å². The van der Waals surface area contributed by atoms with Crippen molar-refractivity contribution in [1.82, 2.24) is 19.9 Å². The van der Waals surface area contributed by atoms with Gasteiger partial charge >= 0.3 is 0 Å². The van der Waals surface area contributed by atoms with E-state index in [1.54, 1.807) is 12.4 Å². The molecule has 8 heteroatoms. The normalized spacial score (nSPS) is 17.3. The molecule has 1 fully saturated rings. The molecule has 3 aromatic heterocycles. The van der Waals surface area contributed by atoms with Crippen LogP contribution in [0.2, 0.25) is 0 Å². The zero-order valence-electron chi connectivity index (χ0n) is 20.4. The Morgan fingerprint density at radius 3 is 2.61 bits per heavy atom. The summed E-state index contributed by atoms with van der Waals surface area (Å²) in [4.78, 5) is 23.4. The van der Waals surface area contributed by atoms with Crippen molar-refractivity contribution in [1.29, 1.82) is 0 Å². The smallest absolute Gasteiger partial charge is 0.226 e. The summed E-state index contributed by atoms with van der Waals surface area (Å²) < 4.78 is 2.14. The van der Waals surface area contributed by atoms with Gasteiger partial charge in [-0.2, -0.15) is 0 Å². The topological polar surface area (TPSA) is 75.1 Å². The van der Waals surface area contributed by atoms with Gasteiger partial charge in [0.1, 0.15) is 6.04 Å². The van der Waals surface area contributed by atoms with Gasteiger partial charge in [0.05, 0.1) is 23.6 Å². The monoisotopic (exact) mass is 496 g/mol. The number of aromatic nitrogens is 3. The molecule has 1 aliphatic rings. The van der Waals surface area contributed by atoms with E-state index in [-0.39, 0.29) is 23.9 Å². The summed E-state index contributed by atoms with van der Waals surface area (Å²) >= 11 is 5.89. The number of nitrogens with zero attached hydrogens (tertiary/aromatic N) is 4. The Hall–Kier alpha value is -4.04. The Bertz CT molecular complexity index is 1390. The van der Waals surface area contributed by atoms with Crippen molar-refractivity contribution in [2.45, 2.75) is 32.9 Å². The van der Waals surface area contributed by atoms with Crippen LogP contribution in [0.3, 0.4) is 0 Å². The molecule has 182 valence electrons. The van der Waals surface area contributed by atoms with Gasteiger partial charge in [0.15, 0.2) is 5.11 Å². The predicted octanol–water partition coefficient (Wildman–Crippen LogP) is 5.35. The fraction of sp³-hybridized carbons (Fsp3) is 0.214. The van der Waals surface area contributed by atoms with E-state index in [4.69, 9.17) is 12.2 Å². The van der Waals surface area contributed by atoms with Crippen LogP contribution in [0.15, 0.2) is 85.5 Å².